The molecule has 1 aliphatic rings. The van der Waals surface area contributed by atoms with Crippen LogP contribution in [0.4, 0.5) is 5.69 Å². The van der Waals surface area contributed by atoms with E-state index in [0.29, 0.717) is 19.1 Å². The van der Waals surface area contributed by atoms with Gasteiger partial charge in [-0.25, -0.2) is 0 Å². The van der Waals surface area contributed by atoms with Gasteiger partial charge in [0.1, 0.15) is 12.4 Å². The summed E-state index contributed by atoms with van der Waals surface area (Å²) in [6.07, 6.45) is 2.76. The van der Waals surface area contributed by atoms with Crippen LogP contribution in [0, 0.1) is 0 Å². The molecule has 23 heavy (non-hydrogen) atoms. The molecule has 5 nitrogen and oxygen atoms in total. The molecular weight excluding hydrogens is 290 g/mol. The Labute approximate surface area is 139 Å². The maximum Gasteiger partial charge on any atom is 0.226 e. The zero-order valence-electron chi connectivity index (χ0n) is 14.3. The van der Waals surface area contributed by atoms with Crippen LogP contribution in [0.3, 0.4) is 0 Å². The molecule has 0 bridgehead atoms. The summed E-state index contributed by atoms with van der Waals surface area (Å²) in [5, 5.41) is 6.34. The second kappa shape index (κ2) is 9.53. The van der Waals surface area contributed by atoms with E-state index >= 15 is 0 Å². The van der Waals surface area contributed by atoms with Crippen LogP contribution in [0.5, 0.6) is 5.75 Å². The Morgan fingerprint density at radius 1 is 1.35 bits per heavy atom. The van der Waals surface area contributed by atoms with Gasteiger partial charge < -0.3 is 20.3 Å². The van der Waals surface area contributed by atoms with Crippen molar-refractivity contribution in [2.24, 2.45) is 0 Å². The van der Waals surface area contributed by atoms with E-state index in [0.717, 1.165) is 50.5 Å². The molecule has 1 saturated heterocycles. The summed E-state index contributed by atoms with van der Waals surface area (Å²) >= 11 is 0. The minimum absolute atomic E-state index is 0.0455. The lowest BCUT2D eigenvalue weighted by Crippen LogP contribution is -2.28. The van der Waals surface area contributed by atoms with Crippen molar-refractivity contribution in [3.63, 3.8) is 0 Å². The summed E-state index contributed by atoms with van der Waals surface area (Å²) in [6, 6.07) is 7.96. The van der Waals surface area contributed by atoms with Gasteiger partial charge in [0, 0.05) is 19.0 Å². The lowest BCUT2D eigenvalue weighted by atomic mass is 10.1. The highest BCUT2D eigenvalue weighted by molar-refractivity contribution is 5.92. The molecule has 1 unspecified atom stereocenters. The smallest absolute Gasteiger partial charge is 0.226 e. The Morgan fingerprint density at radius 3 is 2.83 bits per heavy atom. The van der Waals surface area contributed by atoms with Crippen molar-refractivity contribution < 1.29 is 9.53 Å². The SMILES string of the molecule is CCN(CC)CCOc1ccccc1NC(=O)CC1CCCN1. The van der Waals surface area contributed by atoms with Crippen molar-refractivity contribution in [2.45, 2.75) is 39.2 Å². The molecule has 1 atom stereocenters. The van der Waals surface area contributed by atoms with Gasteiger partial charge in [0.25, 0.3) is 0 Å². The molecule has 1 aromatic carbocycles. The molecule has 128 valence electrons. The summed E-state index contributed by atoms with van der Waals surface area (Å²) in [5.74, 6) is 0.789. The molecule has 1 aromatic rings. The van der Waals surface area contributed by atoms with Crippen LogP contribution >= 0.6 is 0 Å². The number of ether oxygens (including phenoxy) is 1. The fraction of sp³-hybridized carbons (Fsp3) is 0.611. The van der Waals surface area contributed by atoms with Crippen LogP contribution in [0.1, 0.15) is 33.1 Å². The first-order valence-electron chi connectivity index (χ1n) is 8.70. The fourth-order valence-electron chi connectivity index (χ4n) is 2.88. The molecule has 1 heterocycles. The van der Waals surface area contributed by atoms with Crippen LogP contribution in [-0.4, -0.2) is 49.6 Å². The molecule has 0 spiro atoms. The third-order valence-corrected chi connectivity index (χ3v) is 4.31. The number of likely N-dealkylation sites (N-methyl/N-ethyl adjacent to an activating group) is 1. The van der Waals surface area contributed by atoms with E-state index in [1.54, 1.807) is 0 Å². The van der Waals surface area contributed by atoms with E-state index in [-0.39, 0.29) is 5.91 Å². The molecular formula is C18H29N3O2. The first kappa shape index (κ1) is 17.8. The van der Waals surface area contributed by atoms with E-state index < -0.39 is 0 Å². The molecule has 0 aliphatic carbocycles. The van der Waals surface area contributed by atoms with Gasteiger partial charge in [-0.05, 0) is 44.6 Å². The average molecular weight is 319 g/mol. The lowest BCUT2D eigenvalue weighted by Gasteiger charge is -2.19. The zero-order valence-corrected chi connectivity index (χ0v) is 14.3. The second-order valence-corrected chi connectivity index (χ2v) is 5.92. The highest BCUT2D eigenvalue weighted by Gasteiger charge is 2.18. The van der Waals surface area contributed by atoms with Crippen molar-refractivity contribution >= 4 is 11.6 Å². The van der Waals surface area contributed by atoms with Crippen molar-refractivity contribution in [3.05, 3.63) is 24.3 Å². The monoisotopic (exact) mass is 319 g/mol. The molecule has 0 radical (unpaired) electrons. The largest absolute Gasteiger partial charge is 0.490 e. The van der Waals surface area contributed by atoms with Gasteiger partial charge in [-0.15, -0.1) is 0 Å². The number of amides is 1. The lowest BCUT2D eigenvalue weighted by molar-refractivity contribution is -0.116. The predicted molar refractivity (Wildman–Crippen MR) is 94.0 cm³/mol. The van der Waals surface area contributed by atoms with Gasteiger partial charge in [0.2, 0.25) is 5.91 Å². The second-order valence-electron chi connectivity index (χ2n) is 5.92. The Kier molecular flexibility index (Phi) is 7.36. The standard InChI is InChI=1S/C18H29N3O2/c1-3-21(4-2)12-13-23-17-10-6-5-9-16(17)20-18(22)14-15-8-7-11-19-15/h5-6,9-10,15,19H,3-4,7-8,11-14H2,1-2H3,(H,20,22). The number of hydrogen-bond acceptors (Lipinski definition) is 4. The molecule has 0 saturated carbocycles. The minimum atomic E-state index is 0.0455. The van der Waals surface area contributed by atoms with Crippen LogP contribution in [0.25, 0.3) is 0 Å². The normalized spacial score (nSPS) is 17.4. The van der Waals surface area contributed by atoms with Crippen LogP contribution < -0.4 is 15.4 Å². The summed E-state index contributed by atoms with van der Waals surface area (Å²) in [7, 11) is 0. The van der Waals surface area contributed by atoms with Gasteiger partial charge >= 0.3 is 0 Å². The third-order valence-electron chi connectivity index (χ3n) is 4.31. The van der Waals surface area contributed by atoms with Gasteiger partial charge in [-0.3, -0.25) is 4.79 Å². The first-order chi connectivity index (χ1) is 11.2. The first-order valence-corrected chi connectivity index (χ1v) is 8.70. The van der Waals surface area contributed by atoms with Crippen molar-refractivity contribution in [3.8, 4) is 5.75 Å². The summed E-state index contributed by atoms with van der Waals surface area (Å²) in [4.78, 5) is 14.5. The van der Waals surface area contributed by atoms with E-state index in [2.05, 4.69) is 29.4 Å². The number of para-hydroxylation sites is 2. The average Bonchev–Trinajstić information content (AvgIpc) is 3.06. The van der Waals surface area contributed by atoms with Crippen LogP contribution in [0.2, 0.25) is 0 Å². The van der Waals surface area contributed by atoms with Crippen molar-refractivity contribution in [1.82, 2.24) is 10.2 Å². The number of carbonyl (C=O) groups is 1. The zero-order chi connectivity index (χ0) is 16.5. The third kappa shape index (κ3) is 5.84. The Balaban J connectivity index is 1.85. The quantitative estimate of drug-likeness (QED) is 0.734. The topological polar surface area (TPSA) is 53.6 Å². The van der Waals surface area contributed by atoms with Gasteiger partial charge in [-0.2, -0.15) is 0 Å². The summed E-state index contributed by atoms with van der Waals surface area (Å²) in [6.45, 7) is 8.87. The molecule has 5 heteroatoms. The Morgan fingerprint density at radius 2 is 2.13 bits per heavy atom. The van der Waals surface area contributed by atoms with Crippen molar-refractivity contribution in [1.29, 1.82) is 0 Å². The Hall–Kier alpha value is -1.59. The number of benzene rings is 1. The number of anilines is 1. The van der Waals surface area contributed by atoms with E-state index in [1.165, 1.54) is 0 Å². The predicted octanol–water partition coefficient (Wildman–Crippen LogP) is 2.49. The molecule has 1 aliphatic heterocycles. The number of carbonyl (C=O) groups excluding carboxylic acids is 1. The molecule has 1 fully saturated rings. The van der Waals surface area contributed by atoms with E-state index in [1.807, 2.05) is 24.3 Å². The Bertz CT molecular complexity index is 483. The van der Waals surface area contributed by atoms with E-state index in [4.69, 9.17) is 4.74 Å². The minimum Gasteiger partial charge on any atom is -0.490 e. The number of nitrogens with one attached hydrogen (secondary N) is 2. The maximum absolute atomic E-state index is 12.2. The van der Waals surface area contributed by atoms with Crippen LogP contribution in [0.15, 0.2) is 24.3 Å². The number of nitrogens with zero attached hydrogens (tertiary/aromatic N) is 1. The maximum atomic E-state index is 12.2. The van der Waals surface area contributed by atoms with Gasteiger partial charge in [0.15, 0.2) is 0 Å². The van der Waals surface area contributed by atoms with Gasteiger partial charge in [-0.1, -0.05) is 26.0 Å². The van der Waals surface area contributed by atoms with Crippen molar-refractivity contribution in [2.75, 3.05) is 38.1 Å². The fourth-order valence-corrected chi connectivity index (χ4v) is 2.88. The number of hydrogen-bond donors (Lipinski definition) is 2. The summed E-state index contributed by atoms with van der Waals surface area (Å²) in [5.41, 5.74) is 0.759. The molecule has 2 rings (SSSR count). The number of rotatable bonds is 9. The highest BCUT2D eigenvalue weighted by Crippen LogP contribution is 2.24. The molecule has 1 amide bonds. The van der Waals surface area contributed by atoms with E-state index in [9.17, 15) is 4.79 Å². The molecule has 2 N–H and O–H groups in total. The molecule has 0 aromatic heterocycles. The van der Waals surface area contributed by atoms with Gasteiger partial charge in [0.05, 0.1) is 5.69 Å². The van der Waals surface area contributed by atoms with Crippen LogP contribution in [-0.2, 0) is 4.79 Å². The highest BCUT2D eigenvalue weighted by atomic mass is 16.5. The summed E-state index contributed by atoms with van der Waals surface area (Å²) < 4.78 is 5.87.